The molecule has 8 nitrogen and oxygen atoms in total. The summed E-state index contributed by atoms with van der Waals surface area (Å²) in [7, 11) is 1.65. The summed E-state index contributed by atoms with van der Waals surface area (Å²) in [5.74, 6) is -0.482. The Morgan fingerprint density at radius 2 is 1.89 bits per heavy atom. The standard InChI is InChI=1S/C29H38FN3O5/c1-7-37-23-13-19-15-32(28(31)25(19)26(30)27(23)38-8-2)16-22(34)18-11-20(29(3,4)5)14-21(12-18)33-9-10-36-17-24(33)35-6/h11-14,24,31H,7-10,15-17H2,1-6H3. The molecule has 0 aliphatic carbocycles. The Labute approximate surface area is 224 Å². The third kappa shape index (κ3) is 5.49. The van der Waals surface area contributed by atoms with Gasteiger partial charge >= 0.3 is 0 Å². The van der Waals surface area contributed by atoms with Crippen molar-refractivity contribution in [2.45, 2.75) is 52.8 Å². The van der Waals surface area contributed by atoms with Crippen LogP contribution in [0.5, 0.6) is 11.5 Å². The lowest BCUT2D eigenvalue weighted by atomic mass is 9.85. The van der Waals surface area contributed by atoms with Crippen molar-refractivity contribution in [2.24, 2.45) is 0 Å². The van der Waals surface area contributed by atoms with E-state index in [-0.39, 0.29) is 54.3 Å². The van der Waals surface area contributed by atoms with Crippen LogP contribution in [0.4, 0.5) is 10.1 Å². The van der Waals surface area contributed by atoms with Crippen LogP contribution in [0.2, 0.25) is 0 Å². The lowest BCUT2D eigenvalue weighted by molar-refractivity contribution is -0.0187. The fourth-order valence-corrected chi connectivity index (χ4v) is 4.87. The highest BCUT2D eigenvalue weighted by Gasteiger charge is 2.33. The number of benzene rings is 2. The van der Waals surface area contributed by atoms with Crippen LogP contribution in [-0.4, -0.2) is 69.4 Å². The van der Waals surface area contributed by atoms with E-state index in [1.54, 1.807) is 25.0 Å². The van der Waals surface area contributed by atoms with Gasteiger partial charge < -0.3 is 28.7 Å². The quantitative estimate of drug-likeness (QED) is 0.471. The Kier molecular flexibility index (Phi) is 8.28. The average Bonchev–Trinajstić information content (AvgIpc) is 3.20. The summed E-state index contributed by atoms with van der Waals surface area (Å²) in [6.07, 6.45) is -0.245. The first-order valence-corrected chi connectivity index (χ1v) is 13.1. The molecule has 0 aromatic heterocycles. The number of ether oxygens (including phenoxy) is 4. The molecule has 1 atom stereocenters. The zero-order valence-corrected chi connectivity index (χ0v) is 23.2. The molecule has 1 unspecified atom stereocenters. The largest absolute Gasteiger partial charge is 0.490 e. The van der Waals surface area contributed by atoms with E-state index in [9.17, 15) is 4.79 Å². The fraction of sp³-hybridized carbons (Fsp3) is 0.517. The van der Waals surface area contributed by atoms with Crippen molar-refractivity contribution in [1.82, 2.24) is 4.90 Å². The summed E-state index contributed by atoms with van der Waals surface area (Å²) in [6.45, 7) is 12.4. The van der Waals surface area contributed by atoms with E-state index < -0.39 is 5.82 Å². The predicted octanol–water partition coefficient (Wildman–Crippen LogP) is 4.75. The lowest BCUT2D eigenvalue weighted by Crippen LogP contribution is -2.46. The minimum absolute atomic E-state index is 0.00625. The zero-order valence-electron chi connectivity index (χ0n) is 23.2. The zero-order chi connectivity index (χ0) is 27.6. The maximum absolute atomic E-state index is 15.5. The first kappa shape index (κ1) is 27.9. The fourth-order valence-electron chi connectivity index (χ4n) is 4.87. The van der Waals surface area contributed by atoms with Gasteiger partial charge in [-0.05, 0) is 54.7 Å². The third-order valence-electron chi connectivity index (χ3n) is 6.90. The number of methoxy groups -OCH3 is 1. The Hall–Kier alpha value is -3.17. The maximum atomic E-state index is 15.5. The Balaban J connectivity index is 1.64. The van der Waals surface area contributed by atoms with Gasteiger partial charge in [0.2, 0.25) is 0 Å². The molecule has 1 saturated heterocycles. The molecule has 4 rings (SSSR count). The van der Waals surface area contributed by atoms with Gasteiger partial charge in [0, 0.05) is 31.5 Å². The Morgan fingerprint density at radius 1 is 1.16 bits per heavy atom. The smallest absolute Gasteiger partial charge is 0.197 e. The van der Waals surface area contributed by atoms with E-state index in [2.05, 4.69) is 31.7 Å². The summed E-state index contributed by atoms with van der Waals surface area (Å²) in [5, 5.41) is 8.68. The van der Waals surface area contributed by atoms with Crippen LogP contribution in [0.3, 0.4) is 0 Å². The van der Waals surface area contributed by atoms with Crippen molar-refractivity contribution in [2.75, 3.05) is 51.5 Å². The van der Waals surface area contributed by atoms with Crippen molar-refractivity contribution in [1.29, 1.82) is 5.41 Å². The summed E-state index contributed by atoms with van der Waals surface area (Å²) >= 11 is 0. The van der Waals surface area contributed by atoms with E-state index in [0.29, 0.717) is 43.2 Å². The second kappa shape index (κ2) is 11.3. The first-order valence-electron chi connectivity index (χ1n) is 13.1. The van der Waals surface area contributed by atoms with Crippen LogP contribution in [0.1, 0.15) is 61.7 Å². The Bertz CT molecular complexity index is 1210. The maximum Gasteiger partial charge on any atom is 0.197 e. The number of anilines is 1. The number of ketones is 1. The van der Waals surface area contributed by atoms with Gasteiger partial charge in [0.05, 0.1) is 38.5 Å². The highest BCUT2D eigenvalue weighted by molar-refractivity contribution is 6.06. The number of nitrogens with zero attached hydrogens (tertiary/aromatic N) is 2. The SMILES string of the molecule is CCOc1cc2c(c(F)c1OCC)C(=N)N(CC(=O)c1cc(N3CCOCC3OC)cc(C(C)(C)C)c1)C2. The summed E-state index contributed by atoms with van der Waals surface area (Å²) < 4.78 is 37.8. The summed E-state index contributed by atoms with van der Waals surface area (Å²) in [4.78, 5) is 17.3. The normalized spacial score (nSPS) is 17.6. The van der Waals surface area contributed by atoms with Crippen LogP contribution >= 0.6 is 0 Å². The molecule has 2 aliphatic rings. The number of carbonyl (C=O) groups is 1. The van der Waals surface area contributed by atoms with Gasteiger partial charge in [-0.15, -0.1) is 0 Å². The molecule has 0 saturated carbocycles. The molecule has 2 heterocycles. The number of hydrogen-bond donors (Lipinski definition) is 1. The van der Waals surface area contributed by atoms with E-state index in [1.807, 2.05) is 19.1 Å². The topological polar surface area (TPSA) is 84.3 Å². The van der Waals surface area contributed by atoms with E-state index in [4.69, 9.17) is 24.4 Å². The van der Waals surface area contributed by atoms with Crippen LogP contribution in [0.25, 0.3) is 0 Å². The Morgan fingerprint density at radius 3 is 2.55 bits per heavy atom. The molecule has 2 aromatic carbocycles. The van der Waals surface area contributed by atoms with Crippen molar-refractivity contribution in [3.8, 4) is 11.5 Å². The van der Waals surface area contributed by atoms with E-state index in [1.165, 1.54) is 0 Å². The molecular formula is C29H38FN3O5. The molecule has 1 N–H and O–H groups in total. The number of carbonyl (C=O) groups excluding carboxylic acids is 1. The summed E-state index contributed by atoms with van der Waals surface area (Å²) in [6, 6.07) is 7.61. The molecular weight excluding hydrogens is 489 g/mol. The van der Waals surface area contributed by atoms with Crippen LogP contribution in [-0.2, 0) is 21.4 Å². The van der Waals surface area contributed by atoms with Gasteiger partial charge in [0.25, 0.3) is 0 Å². The minimum atomic E-state index is -0.623. The van der Waals surface area contributed by atoms with Crippen molar-refractivity contribution < 1.29 is 28.1 Å². The number of halogens is 1. The number of rotatable bonds is 9. The predicted molar refractivity (Wildman–Crippen MR) is 144 cm³/mol. The minimum Gasteiger partial charge on any atom is -0.490 e. The lowest BCUT2D eigenvalue weighted by Gasteiger charge is -2.37. The molecule has 0 spiro atoms. The third-order valence-corrected chi connectivity index (χ3v) is 6.90. The highest BCUT2D eigenvalue weighted by Crippen LogP contribution is 2.39. The molecule has 206 valence electrons. The molecule has 0 amide bonds. The number of morpholine rings is 1. The van der Waals surface area contributed by atoms with Crippen molar-refractivity contribution in [3.63, 3.8) is 0 Å². The molecule has 2 aliphatic heterocycles. The highest BCUT2D eigenvalue weighted by atomic mass is 19.1. The van der Waals surface area contributed by atoms with Gasteiger partial charge in [-0.2, -0.15) is 0 Å². The van der Waals surface area contributed by atoms with Gasteiger partial charge in [-0.3, -0.25) is 10.2 Å². The van der Waals surface area contributed by atoms with Gasteiger partial charge in [0.1, 0.15) is 5.84 Å². The first-order chi connectivity index (χ1) is 18.1. The van der Waals surface area contributed by atoms with Gasteiger partial charge in [-0.25, -0.2) is 4.39 Å². The summed E-state index contributed by atoms with van der Waals surface area (Å²) in [5.41, 5.74) is 3.03. The second-order valence-electron chi connectivity index (χ2n) is 10.5. The molecule has 0 radical (unpaired) electrons. The second-order valence-corrected chi connectivity index (χ2v) is 10.5. The van der Waals surface area contributed by atoms with E-state index >= 15 is 4.39 Å². The van der Waals surface area contributed by atoms with Crippen LogP contribution in [0, 0.1) is 11.2 Å². The van der Waals surface area contributed by atoms with Crippen molar-refractivity contribution in [3.05, 3.63) is 52.3 Å². The molecule has 9 heteroatoms. The van der Waals surface area contributed by atoms with E-state index in [0.717, 1.165) is 11.3 Å². The molecule has 1 fully saturated rings. The van der Waals surface area contributed by atoms with Crippen molar-refractivity contribution >= 4 is 17.3 Å². The monoisotopic (exact) mass is 527 g/mol. The average molecular weight is 528 g/mol. The van der Waals surface area contributed by atoms with Crippen LogP contribution < -0.4 is 14.4 Å². The number of amidine groups is 1. The number of fused-ring (bicyclic) bond motifs is 1. The molecule has 0 bridgehead atoms. The van der Waals surface area contributed by atoms with Gasteiger partial charge in [-0.1, -0.05) is 20.8 Å². The molecule has 2 aromatic rings. The van der Waals surface area contributed by atoms with Crippen LogP contribution in [0.15, 0.2) is 24.3 Å². The molecule has 38 heavy (non-hydrogen) atoms. The number of hydrogen-bond acceptors (Lipinski definition) is 7. The number of nitrogens with one attached hydrogen (secondary N) is 1. The number of Topliss-reactive ketones (excluding diaryl/α,β-unsaturated/α-hetero) is 1. The van der Waals surface area contributed by atoms with Gasteiger partial charge in [0.15, 0.2) is 29.3 Å².